The molecule has 170 valence electrons. The number of carbonyl (C=O) groups excluding carboxylic acids is 1. The minimum absolute atomic E-state index is 0.0582. The highest BCUT2D eigenvalue weighted by molar-refractivity contribution is 6.00. The molecule has 1 saturated carbocycles. The molecule has 1 atom stereocenters. The van der Waals surface area contributed by atoms with Crippen molar-refractivity contribution >= 4 is 29.0 Å². The zero-order valence-electron chi connectivity index (χ0n) is 19.0. The van der Waals surface area contributed by atoms with Gasteiger partial charge in [-0.3, -0.25) is 14.9 Å². The van der Waals surface area contributed by atoms with E-state index in [2.05, 4.69) is 15.2 Å². The topological polar surface area (TPSA) is 104 Å². The summed E-state index contributed by atoms with van der Waals surface area (Å²) in [5.74, 6) is 1.31. The van der Waals surface area contributed by atoms with Crippen LogP contribution in [0.25, 0.3) is 0 Å². The Morgan fingerprint density at radius 3 is 2.50 bits per heavy atom. The van der Waals surface area contributed by atoms with Crippen molar-refractivity contribution in [3.05, 3.63) is 46.1 Å². The zero-order chi connectivity index (χ0) is 23.0. The van der Waals surface area contributed by atoms with Crippen molar-refractivity contribution < 1.29 is 9.72 Å². The van der Waals surface area contributed by atoms with Crippen LogP contribution in [0.1, 0.15) is 58.1 Å². The smallest absolute Gasteiger partial charge is 0.269 e. The second-order valence-electron chi connectivity index (χ2n) is 9.43. The van der Waals surface area contributed by atoms with Crippen LogP contribution in [0.3, 0.4) is 0 Å². The summed E-state index contributed by atoms with van der Waals surface area (Å²) in [6.45, 7) is 6.55. The van der Waals surface area contributed by atoms with Crippen molar-refractivity contribution in [2.75, 3.05) is 28.7 Å². The van der Waals surface area contributed by atoms with Crippen LogP contribution in [0.15, 0.2) is 30.5 Å². The summed E-state index contributed by atoms with van der Waals surface area (Å²) in [6, 6.07) is 6.68. The molecule has 1 aliphatic heterocycles. The first-order valence-corrected chi connectivity index (χ1v) is 11.1. The van der Waals surface area contributed by atoms with Crippen LogP contribution in [-0.2, 0) is 4.79 Å². The zero-order valence-corrected chi connectivity index (χ0v) is 19.0. The fourth-order valence-corrected chi connectivity index (χ4v) is 4.70. The summed E-state index contributed by atoms with van der Waals surface area (Å²) in [5, 5.41) is 14.2. The second-order valence-corrected chi connectivity index (χ2v) is 9.43. The van der Waals surface area contributed by atoms with Crippen molar-refractivity contribution in [1.82, 2.24) is 9.97 Å². The average molecular weight is 439 g/mol. The van der Waals surface area contributed by atoms with Gasteiger partial charge >= 0.3 is 0 Å². The van der Waals surface area contributed by atoms with Crippen molar-refractivity contribution in [2.45, 2.75) is 58.5 Å². The quantitative estimate of drug-likeness (QED) is 0.548. The molecule has 1 aromatic heterocycles. The van der Waals surface area contributed by atoms with E-state index in [4.69, 9.17) is 4.98 Å². The normalized spacial score (nSPS) is 19.4. The van der Waals surface area contributed by atoms with E-state index in [0.29, 0.717) is 18.5 Å². The monoisotopic (exact) mass is 438 g/mol. The standard InChI is InChI=1S/C23H30N6O3/c1-15(16-9-11-18(12-10-16)29(31)32)25-22-24-13-19-20(26-22)28(17-7-5-6-8-17)14-23(2,3)21(30)27(19)4/h9-13,15,17H,5-8,14H2,1-4H3,(H,24,25,26)/t15-/m0/s1. The third-order valence-corrected chi connectivity index (χ3v) is 6.55. The first-order chi connectivity index (χ1) is 15.2. The Morgan fingerprint density at radius 1 is 1.22 bits per heavy atom. The summed E-state index contributed by atoms with van der Waals surface area (Å²) in [7, 11) is 1.79. The van der Waals surface area contributed by atoms with E-state index < -0.39 is 10.3 Å². The minimum atomic E-state index is -0.530. The molecule has 1 fully saturated rings. The van der Waals surface area contributed by atoms with E-state index in [1.54, 1.807) is 30.3 Å². The van der Waals surface area contributed by atoms with Crippen LogP contribution in [0, 0.1) is 15.5 Å². The molecule has 0 radical (unpaired) electrons. The van der Waals surface area contributed by atoms with Crippen LogP contribution in [0.4, 0.5) is 23.1 Å². The van der Waals surface area contributed by atoms with Gasteiger partial charge in [-0.1, -0.05) is 25.0 Å². The number of benzene rings is 1. The lowest BCUT2D eigenvalue weighted by Crippen LogP contribution is -2.45. The summed E-state index contributed by atoms with van der Waals surface area (Å²) in [5.41, 5.74) is 1.15. The summed E-state index contributed by atoms with van der Waals surface area (Å²) in [6.07, 6.45) is 6.29. The fraction of sp³-hybridized carbons (Fsp3) is 0.522. The number of rotatable bonds is 5. The maximum Gasteiger partial charge on any atom is 0.269 e. The van der Waals surface area contributed by atoms with E-state index in [9.17, 15) is 14.9 Å². The Bertz CT molecular complexity index is 1020. The fourth-order valence-electron chi connectivity index (χ4n) is 4.70. The molecule has 0 spiro atoms. The number of nitrogens with one attached hydrogen (secondary N) is 1. The highest BCUT2D eigenvalue weighted by atomic mass is 16.6. The number of aromatic nitrogens is 2. The summed E-state index contributed by atoms with van der Waals surface area (Å²) in [4.78, 5) is 36.9. The molecule has 9 heteroatoms. The van der Waals surface area contributed by atoms with Crippen LogP contribution < -0.4 is 15.1 Å². The maximum atomic E-state index is 13.1. The Labute approximate surface area is 188 Å². The molecule has 0 bridgehead atoms. The molecule has 1 aliphatic carbocycles. The molecule has 2 aromatic rings. The molecule has 1 N–H and O–H groups in total. The van der Waals surface area contributed by atoms with Crippen LogP contribution in [0.5, 0.6) is 0 Å². The van der Waals surface area contributed by atoms with Crippen LogP contribution in [-0.4, -0.2) is 40.4 Å². The summed E-state index contributed by atoms with van der Waals surface area (Å²) >= 11 is 0. The third kappa shape index (κ3) is 4.11. The Hall–Kier alpha value is -3.23. The molecular weight excluding hydrogens is 408 g/mol. The van der Waals surface area contributed by atoms with E-state index in [-0.39, 0.29) is 17.6 Å². The Morgan fingerprint density at radius 2 is 1.88 bits per heavy atom. The number of anilines is 3. The first-order valence-electron chi connectivity index (χ1n) is 11.1. The van der Waals surface area contributed by atoms with Gasteiger partial charge in [0.25, 0.3) is 5.69 Å². The van der Waals surface area contributed by atoms with Gasteiger partial charge in [-0.05, 0) is 39.2 Å². The molecule has 9 nitrogen and oxygen atoms in total. The number of amides is 1. The lowest BCUT2D eigenvalue weighted by molar-refractivity contribution is -0.384. The minimum Gasteiger partial charge on any atom is -0.351 e. The highest BCUT2D eigenvalue weighted by Crippen LogP contribution is 2.40. The molecule has 0 unspecified atom stereocenters. The lowest BCUT2D eigenvalue weighted by Gasteiger charge is -2.34. The molecule has 4 rings (SSSR count). The molecule has 32 heavy (non-hydrogen) atoms. The van der Waals surface area contributed by atoms with Gasteiger partial charge in [0, 0.05) is 31.8 Å². The van der Waals surface area contributed by atoms with Crippen molar-refractivity contribution in [2.24, 2.45) is 5.41 Å². The van der Waals surface area contributed by atoms with Gasteiger partial charge in [-0.25, -0.2) is 4.98 Å². The Kier molecular flexibility index (Phi) is 5.75. The predicted octanol–water partition coefficient (Wildman–Crippen LogP) is 4.31. The van der Waals surface area contributed by atoms with Gasteiger partial charge in [0.05, 0.1) is 22.6 Å². The number of hydrogen-bond acceptors (Lipinski definition) is 7. The first kappa shape index (κ1) is 22.0. The van der Waals surface area contributed by atoms with Crippen LogP contribution >= 0.6 is 0 Å². The number of fused-ring (bicyclic) bond motifs is 1. The van der Waals surface area contributed by atoms with Crippen molar-refractivity contribution in [3.8, 4) is 0 Å². The van der Waals surface area contributed by atoms with E-state index in [1.807, 2.05) is 20.8 Å². The molecule has 2 heterocycles. The number of nitro groups is 1. The largest absolute Gasteiger partial charge is 0.351 e. The molecule has 1 aromatic carbocycles. The number of carbonyl (C=O) groups is 1. The molecule has 0 saturated heterocycles. The number of nitrogens with zero attached hydrogens (tertiary/aromatic N) is 5. The van der Waals surface area contributed by atoms with Gasteiger partial charge in [-0.2, -0.15) is 4.98 Å². The van der Waals surface area contributed by atoms with Crippen molar-refractivity contribution in [3.63, 3.8) is 0 Å². The van der Waals surface area contributed by atoms with Crippen LogP contribution in [0.2, 0.25) is 0 Å². The molecular formula is C23H30N6O3. The lowest BCUT2D eigenvalue weighted by atomic mass is 9.91. The van der Waals surface area contributed by atoms with Crippen molar-refractivity contribution in [1.29, 1.82) is 0 Å². The van der Waals surface area contributed by atoms with Gasteiger partial charge in [0.1, 0.15) is 5.69 Å². The SMILES string of the molecule is C[C@H](Nc1ncc2c(n1)N(C1CCCC1)CC(C)(C)C(=O)N2C)c1ccc([N+](=O)[O-])cc1. The summed E-state index contributed by atoms with van der Waals surface area (Å²) < 4.78 is 0. The molecule has 1 amide bonds. The number of nitro benzene ring substituents is 1. The van der Waals surface area contributed by atoms with Gasteiger partial charge in [0.2, 0.25) is 11.9 Å². The highest BCUT2D eigenvalue weighted by Gasteiger charge is 2.41. The van der Waals surface area contributed by atoms with E-state index in [1.165, 1.54) is 25.0 Å². The van der Waals surface area contributed by atoms with Gasteiger partial charge in [0.15, 0.2) is 5.82 Å². The van der Waals surface area contributed by atoms with Gasteiger partial charge in [-0.15, -0.1) is 0 Å². The van der Waals surface area contributed by atoms with E-state index in [0.717, 1.165) is 29.9 Å². The molecule has 2 aliphatic rings. The van der Waals surface area contributed by atoms with Gasteiger partial charge < -0.3 is 15.1 Å². The number of hydrogen-bond donors (Lipinski definition) is 1. The predicted molar refractivity (Wildman–Crippen MR) is 124 cm³/mol. The second kappa shape index (κ2) is 8.37. The number of non-ortho nitro benzene ring substituents is 1. The Balaban J connectivity index is 1.65. The average Bonchev–Trinajstić information content (AvgIpc) is 3.29. The maximum absolute atomic E-state index is 13.1. The van der Waals surface area contributed by atoms with E-state index >= 15 is 0 Å². The third-order valence-electron chi connectivity index (χ3n) is 6.55.